The van der Waals surface area contributed by atoms with Crippen LogP contribution in [0.3, 0.4) is 0 Å². The van der Waals surface area contributed by atoms with Crippen LogP contribution in [0.15, 0.2) is 0 Å². The van der Waals surface area contributed by atoms with E-state index < -0.39 is 178 Å². The fourth-order valence-corrected chi connectivity index (χ4v) is 9.85. The Morgan fingerprint density at radius 3 is 0.701 bits per heavy atom. The first-order chi connectivity index (χ1) is 32.1. The monoisotopic (exact) mass is 980 g/mol. The molecule has 24 unspecified atom stereocenters. The second-order valence-corrected chi connectivity index (χ2v) is 18.2. The van der Waals surface area contributed by atoms with Crippen molar-refractivity contribution in [1.29, 1.82) is 0 Å². The third-order valence-corrected chi connectivity index (χ3v) is 14.1. The van der Waals surface area contributed by atoms with Gasteiger partial charge in [-0.05, 0) is 6.42 Å². The van der Waals surface area contributed by atoms with Crippen molar-refractivity contribution in [2.24, 2.45) is 29.6 Å². The van der Waals surface area contributed by atoms with E-state index in [4.69, 9.17) is 47.4 Å². The van der Waals surface area contributed by atoms with Gasteiger partial charge in [-0.2, -0.15) is 0 Å². The van der Waals surface area contributed by atoms with Crippen LogP contribution in [0.1, 0.15) is 13.3 Å². The number of aliphatic hydroxyl groups excluding tert-OH is 15. The van der Waals surface area contributed by atoms with Crippen LogP contribution in [0.4, 0.5) is 0 Å². The van der Waals surface area contributed by atoms with Crippen molar-refractivity contribution in [2.45, 2.75) is 135 Å². The first-order valence-electron chi connectivity index (χ1n) is 23.0. The summed E-state index contributed by atoms with van der Waals surface area (Å²) < 4.78 is 56.8. The molecule has 0 aromatic heterocycles. The van der Waals surface area contributed by atoms with Gasteiger partial charge in [-0.15, -0.1) is 0 Å². The summed E-state index contributed by atoms with van der Waals surface area (Å²) in [5.74, 6) is -4.28. The molecule has 0 spiro atoms. The average Bonchev–Trinajstić information content (AvgIpc) is 3.32. The zero-order chi connectivity index (χ0) is 49.1. The van der Waals surface area contributed by atoms with Crippen molar-refractivity contribution in [3.8, 4) is 0 Å². The van der Waals surface area contributed by atoms with Crippen LogP contribution in [-0.2, 0) is 47.4 Å². The maximum atomic E-state index is 11.1. The Morgan fingerprint density at radius 2 is 0.493 bits per heavy atom. The zero-order valence-electron chi connectivity index (χ0n) is 37.8. The predicted octanol–water partition coefficient (Wildman–Crippen LogP) is -8.40. The predicted molar refractivity (Wildman–Crippen MR) is 222 cm³/mol. The highest BCUT2D eigenvalue weighted by molar-refractivity contribution is 4.97. The molecule has 0 aromatic carbocycles. The van der Waals surface area contributed by atoms with E-state index in [1.807, 2.05) is 0 Å². The molecule has 5 saturated heterocycles. The Balaban J connectivity index is 1.05. The largest absolute Gasteiger partial charge is 0.394 e. The van der Waals surface area contributed by atoms with Crippen LogP contribution in [0, 0.1) is 29.6 Å². The fourth-order valence-electron chi connectivity index (χ4n) is 9.85. The van der Waals surface area contributed by atoms with Gasteiger partial charge in [0.1, 0.15) is 61.0 Å². The molecule has 0 aliphatic carbocycles. The smallest absolute Gasteiger partial charge is 0.110 e. The third kappa shape index (κ3) is 13.5. The van der Waals surface area contributed by atoms with E-state index in [1.54, 1.807) is 6.92 Å². The Kier molecular flexibility index (Phi) is 23.1. The molecule has 0 amide bonds. The summed E-state index contributed by atoms with van der Waals surface area (Å²) in [4.78, 5) is 0. The minimum Gasteiger partial charge on any atom is -0.394 e. The molecule has 5 fully saturated rings. The number of hydrogen-bond acceptors (Lipinski definition) is 25. The van der Waals surface area contributed by atoms with E-state index in [0.29, 0.717) is 6.42 Å². The molecule has 25 nitrogen and oxygen atoms in total. The van der Waals surface area contributed by atoms with E-state index >= 15 is 0 Å². The topological polar surface area (TPSA) is 396 Å². The van der Waals surface area contributed by atoms with Gasteiger partial charge in [-0.3, -0.25) is 0 Å². The maximum Gasteiger partial charge on any atom is 0.110 e. The second kappa shape index (κ2) is 27.2. The van der Waals surface area contributed by atoms with Crippen LogP contribution in [-0.4, -0.2) is 298 Å². The summed E-state index contributed by atoms with van der Waals surface area (Å²) in [7, 11) is 1.40. The van der Waals surface area contributed by atoms with Crippen LogP contribution in [0.5, 0.6) is 0 Å². The normalized spacial score (nSPS) is 46.4. The highest BCUT2D eigenvalue weighted by Crippen LogP contribution is 2.33. The van der Waals surface area contributed by atoms with Gasteiger partial charge < -0.3 is 124 Å². The molecule has 0 aromatic rings. The van der Waals surface area contributed by atoms with Gasteiger partial charge in [0.25, 0.3) is 0 Å². The molecule has 25 atom stereocenters. The quantitative estimate of drug-likeness (QED) is 0.0427. The molecule has 5 aliphatic rings. The lowest BCUT2D eigenvalue weighted by atomic mass is 9.85. The highest BCUT2D eigenvalue weighted by atomic mass is 16.6. The Bertz CT molecular complexity index is 1380. The van der Waals surface area contributed by atoms with Gasteiger partial charge >= 0.3 is 0 Å². The average molecular weight is 981 g/mol. The minimum atomic E-state index is -1.57. The van der Waals surface area contributed by atoms with Gasteiger partial charge in [0.2, 0.25) is 0 Å². The highest BCUT2D eigenvalue weighted by Gasteiger charge is 2.50. The lowest BCUT2D eigenvalue weighted by molar-refractivity contribution is -0.252. The van der Waals surface area contributed by atoms with Crippen LogP contribution in [0.2, 0.25) is 0 Å². The molecular weight excluding hydrogens is 904 g/mol. The molecular formula is C42H76O25. The van der Waals surface area contributed by atoms with Gasteiger partial charge in [-0.25, -0.2) is 0 Å². The first-order valence-corrected chi connectivity index (χ1v) is 23.0. The van der Waals surface area contributed by atoms with E-state index in [-0.39, 0.29) is 66.1 Å². The van der Waals surface area contributed by atoms with Crippen molar-refractivity contribution in [2.75, 3.05) is 99.6 Å². The molecule has 25 heteroatoms. The van der Waals surface area contributed by atoms with Crippen molar-refractivity contribution < 1.29 is 124 Å². The second-order valence-electron chi connectivity index (χ2n) is 18.2. The van der Waals surface area contributed by atoms with Crippen LogP contribution >= 0.6 is 0 Å². The molecule has 5 heterocycles. The molecule has 0 saturated carbocycles. The molecule has 394 valence electrons. The number of aliphatic hydroxyl groups is 15. The molecule has 5 aliphatic heterocycles. The van der Waals surface area contributed by atoms with Crippen molar-refractivity contribution >= 4 is 0 Å². The van der Waals surface area contributed by atoms with Crippen molar-refractivity contribution in [3.05, 3.63) is 0 Å². The molecule has 0 radical (unpaired) electrons. The summed E-state index contributed by atoms with van der Waals surface area (Å²) >= 11 is 0. The third-order valence-electron chi connectivity index (χ3n) is 14.1. The number of rotatable bonds is 24. The summed E-state index contributed by atoms with van der Waals surface area (Å²) in [6.45, 7) is -3.26. The Morgan fingerprint density at radius 1 is 0.284 bits per heavy atom. The number of methoxy groups -OCH3 is 1. The Labute approximate surface area is 388 Å². The fraction of sp³-hybridized carbons (Fsp3) is 1.00. The van der Waals surface area contributed by atoms with Gasteiger partial charge in [0.05, 0.1) is 154 Å². The molecule has 5 rings (SSSR count). The summed E-state index contributed by atoms with van der Waals surface area (Å²) in [5.41, 5.74) is 0. The summed E-state index contributed by atoms with van der Waals surface area (Å²) in [5, 5.41) is 158. The summed E-state index contributed by atoms with van der Waals surface area (Å²) in [6.07, 6.45) is -24.0. The van der Waals surface area contributed by atoms with E-state index in [2.05, 4.69) is 0 Å². The molecule has 67 heavy (non-hydrogen) atoms. The maximum absolute atomic E-state index is 11.1. The minimum absolute atomic E-state index is 0.0199. The molecule has 0 bridgehead atoms. The Hall–Kier alpha value is -1.00. The van der Waals surface area contributed by atoms with Crippen molar-refractivity contribution in [1.82, 2.24) is 0 Å². The van der Waals surface area contributed by atoms with Gasteiger partial charge in [0.15, 0.2) is 0 Å². The number of ether oxygens (including phenoxy) is 10. The number of hydrogen-bond donors (Lipinski definition) is 15. The van der Waals surface area contributed by atoms with E-state index in [0.717, 1.165) is 0 Å². The van der Waals surface area contributed by atoms with E-state index in [9.17, 15) is 76.6 Å². The standard InChI is InChI=1S/C42H76O25/c1-3-18-23(4-43)63-29(39(54)33(18)48)14-59-10-20-25(6-45)65-31(41(56)35(20)50)16-61-12-22-27(8-47)67-32(42(57)37(22)52)17-62-11-21-26(7-46)66-30(40(55)36(21)51)15-60-9-19-24(5-44)64-28(13-58-2)38(53)34(19)49/h18-57H,3-17H2,1-2H3/t18?,19?,20?,21?,22?,23?,24?,25?,26?,27?,28?,29?,30?,31?,32?,33?,34?,35?,36?,37-,38?,39?,40?,41?,42?/m1/s1. The SMILES string of the molecule is CCC1C(CO)OC(COCC2C(CO)OC(COCC3C(CO)OC(COCC4C(CO)OC(COCC5C(CO)OC(COC)C(O)C5O)C(O)C4O)C(O)[C@@H]3O)C(O)C2O)C(O)C1O. The van der Waals surface area contributed by atoms with Crippen LogP contribution in [0.25, 0.3) is 0 Å². The van der Waals surface area contributed by atoms with E-state index in [1.165, 1.54) is 7.11 Å². The first kappa shape index (κ1) is 56.9. The van der Waals surface area contributed by atoms with Gasteiger partial charge in [0, 0.05) is 36.7 Å². The van der Waals surface area contributed by atoms with Crippen molar-refractivity contribution in [3.63, 3.8) is 0 Å². The summed E-state index contributed by atoms with van der Waals surface area (Å²) in [6, 6.07) is 0. The van der Waals surface area contributed by atoms with Gasteiger partial charge in [-0.1, -0.05) is 6.92 Å². The zero-order valence-corrected chi connectivity index (χ0v) is 37.8. The lowest BCUT2D eigenvalue weighted by Gasteiger charge is -2.44. The lowest BCUT2D eigenvalue weighted by Crippen LogP contribution is -2.60. The van der Waals surface area contributed by atoms with Crippen LogP contribution < -0.4 is 0 Å². The molecule has 15 N–H and O–H groups in total.